The van der Waals surface area contributed by atoms with E-state index in [1.807, 2.05) is 0 Å². The second-order valence-corrected chi connectivity index (χ2v) is 12.3. The van der Waals surface area contributed by atoms with Crippen LogP contribution in [0, 0.1) is 0 Å². The summed E-state index contributed by atoms with van der Waals surface area (Å²) in [5.74, 6) is -4.76. The van der Waals surface area contributed by atoms with Gasteiger partial charge in [-0.1, -0.05) is 18.2 Å². The molecule has 0 saturated carbocycles. The Morgan fingerprint density at radius 2 is 0.945 bits per heavy atom. The van der Waals surface area contributed by atoms with Crippen LogP contribution in [0.4, 0.5) is 0 Å². The molecule has 3 amide bonds. The second-order valence-electron chi connectivity index (χ2n) is 12.3. The Hall–Kier alpha value is -5.37. The molecule has 0 spiro atoms. The van der Waals surface area contributed by atoms with Crippen LogP contribution in [0.1, 0.15) is 50.3 Å². The zero-order valence-corrected chi connectivity index (χ0v) is 30.1. The minimum absolute atomic E-state index is 0.0538. The van der Waals surface area contributed by atoms with E-state index in [0.717, 1.165) is 0 Å². The molecule has 0 aromatic heterocycles. The van der Waals surface area contributed by atoms with E-state index < -0.39 is 89.5 Å². The van der Waals surface area contributed by atoms with Crippen LogP contribution < -0.4 is 16.0 Å². The van der Waals surface area contributed by atoms with E-state index in [1.54, 1.807) is 0 Å². The molecule has 0 bridgehead atoms. The molecular formula is C37H47N3O15. The highest BCUT2D eigenvalue weighted by Gasteiger charge is 2.48. The van der Waals surface area contributed by atoms with Crippen LogP contribution in [-0.4, -0.2) is 137 Å². The molecule has 1 saturated heterocycles. The highest BCUT2D eigenvalue weighted by atomic mass is 16.7. The molecular weight excluding hydrogens is 726 g/mol. The summed E-state index contributed by atoms with van der Waals surface area (Å²) in [5, 5.41) is 77.3. The van der Waals surface area contributed by atoms with Gasteiger partial charge in [0.1, 0.15) is 24.4 Å². The fraction of sp³-hybridized carbons (Fsp3) is 0.432. The lowest BCUT2D eigenvalue weighted by Crippen LogP contribution is -2.61. The number of methoxy groups -OCH3 is 1. The van der Waals surface area contributed by atoms with Crippen molar-refractivity contribution in [1.29, 1.82) is 0 Å². The normalized spacial score (nSPS) is 19.4. The summed E-state index contributed by atoms with van der Waals surface area (Å²) < 4.78 is 30.1. The number of ether oxygens (including phenoxy) is 5. The Bertz CT molecular complexity index is 1650. The van der Waals surface area contributed by atoms with Gasteiger partial charge in [-0.25, -0.2) is 0 Å². The predicted octanol–water partition coefficient (Wildman–Crippen LogP) is 1.20. The van der Waals surface area contributed by atoms with Gasteiger partial charge in [0.05, 0.1) is 23.3 Å². The average Bonchev–Trinajstić information content (AvgIpc) is 3.17. The number of hydrogen-bond donors (Lipinski definition) is 10. The number of aliphatic hydroxyl groups is 1. The van der Waals surface area contributed by atoms with E-state index in [9.17, 15) is 50.1 Å². The van der Waals surface area contributed by atoms with Crippen molar-refractivity contribution < 1.29 is 73.8 Å². The van der Waals surface area contributed by atoms with E-state index in [-0.39, 0.29) is 69.0 Å². The number of nitrogens with one attached hydrogen (secondary N) is 3. The summed E-state index contributed by atoms with van der Waals surface area (Å²) in [6.07, 6.45) is -3.84. The van der Waals surface area contributed by atoms with Gasteiger partial charge in [-0.05, 0) is 55.7 Å². The smallest absolute Gasteiger partial charge is 0.255 e. The number of aromatic hydroxyl groups is 6. The van der Waals surface area contributed by atoms with Crippen molar-refractivity contribution in [3.63, 3.8) is 0 Å². The summed E-state index contributed by atoms with van der Waals surface area (Å²) in [5.41, 5.74) is -0.310. The van der Waals surface area contributed by atoms with Gasteiger partial charge < -0.3 is 75.4 Å². The number of carbonyl (C=O) groups excluding carboxylic acids is 3. The number of amides is 3. The third kappa shape index (κ3) is 11.3. The lowest BCUT2D eigenvalue weighted by atomic mass is 9.98. The first-order chi connectivity index (χ1) is 26.5. The molecule has 1 unspecified atom stereocenters. The molecule has 10 N–H and O–H groups in total. The van der Waals surface area contributed by atoms with Crippen molar-refractivity contribution >= 4 is 17.7 Å². The second kappa shape index (κ2) is 20.9. The molecule has 3 aromatic carbocycles. The van der Waals surface area contributed by atoms with Crippen molar-refractivity contribution in [2.24, 2.45) is 0 Å². The molecule has 1 aliphatic heterocycles. The van der Waals surface area contributed by atoms with Gasteiger partial charge in [0, 0.05) is 46.6 Å². The lowest BCUT2D eigenvalue weighted by molar-refractivity contribution is -0.316. The van der Waals surface area contributed by atoms with Crippen LogP contribution in [-0.2, 0) is 23.7 Å². The number of carbonyl (C=O) groups is 3. The van der Waals surface area contributed by atoms with Gasteiger partial charge in [-0.2, -0.15) is 0 Å². The van der Waals surface area contributed by atoms with E-state index in [0.29, 0.717) is 6.42 Å². The molecule has 55 heavy (non-hydrogen) atoms. The largest absolute Gasteiger partial charge is 0.504 e. The van der Waals surface area contributed by atoms with Crippen LogP contribution in [0.5, 0.6) is 34.5 Å². The molecule has 18 nitrogen and oxygen atoms in total. The number of hydrogen-bond acceptors (Lipinski definition) is 15. The molecule has 5 atom stereocenters. The molecule has 3 aromatic rings. The highest BCUT2D eigenvalue weighted by Crippen LogP contribution is 2.31. The zero-order chi connectivity index (χ0) is 39.9. The molecule has 1 aliphatic rings. The predicted molar refractivity (Wildman–Crippen MR) is 192 cm³/mol. The van der Waals surface area contributed by atoms with Crippen LogP contribution in [0.15, 0.2) is 54.6 Å². The Labute approximate surface area is 316 Å². The Morgan fingerprint density at radius 1 is 0.582 bits per heavy atom. The number of rotatable bonds is 20. The Morgan fingerprint density at radius 3 is 1.31 bits per heavy atom. The summed E-state index contributed by atoms with van der Waals surface area (Å²) >= 11 is 0. The molecule has 0 radical (unpaired) electrons. The number of para-hydroxylation sites is 3. The van der Waals surface area contributed by atoms with E-state index in [1.165, 1.54) is 61.7 Å². The summed E-state index contributed by atoms with van der Waals surface area (Å²) in [6, 6.07) is 12.1. The van der Waals surface area contributed by atoms with Crippen molar-refractivity contribution in [2.75, 3.05) is 53.2 Å². The SMILES string of the molecule is COC1O[C@H](CO)[C@@H](OCCCNC(=O)c2cccc(O)c2O)[C@H](OCCCNC(=O)c2cccc(O)c2O)[C@H]1OCCCNC(=O)c1cccc(O)c1O. The van der Waals surface area contributed by atoms with Crippen molar-refractivity contribution in [1.82, 2.24) is 16.0 Å². The Kier molecular flexibility index (Phi) is 16.1. The van der Waals surface area contributed by atoms with Crippen LogP contribution >= 0.6 is 0 Å². The maximum absolute atomic E-state index is 12.6. The fourth-order valence-electron chi connectivity index (χ4n) is 5.69. The summed E-state index contributed by atoms with van der Waals surface area (Å²) in [4.78, 5) is 37.7. The van der Waals surface area contributed by atoms with E-state index >= 15 is 0 Å². The number of aliphatic hydroxyl groups excluding tert-OH is 1. The van der Waals surface area contributed by atoms with Crippen LogP contribution in [0.25, 0.3) is 0 Å². The molecule has 1 heterocycles. The van der Waals surface area contributed by atoms with Gasteiger partial charge in [0.15, 0.2) is 40.8 Å². The van der Waals surface area contributed by atoms with Crippen LogP contribution in [0.2, 0.25) is 0 Å². The minimum atomic E-state index is -1.02. The molecule has 4 rings (SSSR count). The molecule has 300 valence electrons. The van der Waals surface area contributed by atoms with Gasteiger partial charge >= 0.3 is 0 Å². The standard InChI is InChI=1S/C37H47N3O15/c1-51-37-33(54-19-7-16-40-36(50)23-10-4-13-26(44)30(23)47)32(53-18-6-15-39-35(49)22-9-3-12-25(43)29(22)46)31(27(20-41)55-37)52-17-5-14-38-34(48)21-8-2-11-24(42)28(21)45/h2-4,8-13,27,31-33,37,41-47H,5-7,14-20H2,1H3,(H,38,48)(H,39,49)(H,40,50)/t27-,31-,32+,33-,37?/m1/s1. The topological polar surface area (TPSA) is 275 Å². The third-order valence-corrected chi connectivity index (χ3v) is 8.53. The quantitative estimate of drug-likeness (QED) is 0.0571. The maximum atomic E-state index is 12.6. The Balaban J connectivity index is 1.37. The minimum Gasteiger partial charge on any atom is -0.504 e. The number of phenols is 6. The van der Waals surface area contributed by atoms with Gasteiger partial charge in [-0.3, -0.25) is 14.4 Å². The third-order valence-electron chi connectivity index (χ3n) is 8.53. The van der Waals surface area contributed by atoms with Crippen molar-refractivity contribution in [2.45, 2.75) is 50.0 Å². The summed E-state index contributed by atoms with van der Waals surface area (Å²) in [6.45, 7) is 0.0588. The highest BCUT2D eigenvalue weighted by molar-refractivity contribution is 5.98. The van der Waals surface area contributed by atoms with Crippen molar-refractivity contribution in [3.8, 4) is 34.5 Å². The van der Waals surface area contributed by atoms with Gasteiger partial charge in [0.2, 0.25) is 0 Å². The summed E-state index contributed by atoms with van der Waals surface area (Å²) in [7, 11) is 1.38. The maximum Gasteiger partial charge on any atom is 0.255 e. The van der Waals surface area contributed by atoms with Gasteiger partial charge in [-0.15, -0.1) is 0 Å². The molecule has 1 fully saturated rings. The average molecular weight is 774 g/mol. The molecule has 18 heteroatoms. The van der Waals surface area contributed by atoms with E-state index in [4.69, 9.17) is 23.7 Å². The van der Waals surface area contributed by atoms with Crippen LogP contribution in [0.3, 0.4) is 0 Å². The first-order valence-electron chi connectivity index (χ1n) is 17.5. The zero-order valence-electron chi connectivity index (χ0n) is 30.1. The van der Waals surface area contributed by atoms with Gasteiger partial charge in [0.25, 0.3) is 17.7 Å². The first-order valence-corrected chi connectivity index (χ1v) is 17.5. The number of phenolic OH excluding ortho intramolecular Hbond substituents is 6. The first kappa shape index (κ1) is 42.4. The fourth-order valence-corrected chi connectivity index (χ4v) is 5.69. The number of benzene rings is 3. The monoisotopic (exact) mass is 773 g/mol. The lowest BCUT2D eigenvalue weighted by Gasteiger charge is -2.45. The molecule has 0 aliphatic carbocycles. The van der Waals surface area contributed by atoms with Crippen molar-refractivity contribution in [3.05, 3.63) is 71.3 Å². The van der Waals surface area contributed by atoms with E-state index in [2.05, 4.69) is 16.0 Å².